The normalized spacial score (nSPS) is 43.0. The number of nitrogens with two attached hydrogens (primary N) is 1. The highest BCUT2D eigenvalue weighted by Gasteiger charge is 2.52. The third-order valence-electron chi connectivity index (χ3n) is 4.88. The second kappa shape index (κ2) is 3.49. The van der Waals surface area contributed by atoms with E-state index in [4.69, 9.17) is 13.6 Å². The van der Waals surface area contributed by atoms with Crippen LogP contribution in [-0.4, -0.2) is 37.2 Å². The van der Waals surface area contributed by atoms with Crippen molar-refractivity contribution < 1.29 is 4.79 Å². The van der Waals surface area contributed by atoms with Crippen LogP contribution in [0.2, 0.25) is 0 Å². The molecule has 2 radical (unpaired) electrons. The van der Waals surface area contributed by atoms with Gasteiger partial charge < -0.3 is 10.6 Å². The van der Waals surface area contributed by atoms with Gasteiger partial charge in [-0.05, 0) is 36.0 Å². The first kappa shape index (κ1) is 12.0. The predicted molar refractivity (Wildman–Crippen MR) is 65.0 cm³/mol. The van der Waals surface area contributed by atoms with Crippen molar-refractivity contribution in [3.8, 4) is 0 Å². The van der Waals surface area contributed by atoms with E-state index < -0.39 is 5.44 Å². The van der Waals surface area contributed by atoms with E-state index in [1.165, 1.54) is 0 Å². The van der Waals surface area contributed by atoms with Gasteiger partial charge in [0.25, 0.3) is 0 Å². The monoisotopic (exact) mass is 220 g/mol. The van der Waals surface area contributed by atoms with Crippen LogP contribution in [0, 0.1) is 11.3 Å². The first-order chi connectivity index (χ1) is 7.27. The molecule has 3 atom stereocenters. The number of carbonyl (C=O) groups excluding carboxylic acids is 1. The lowest BCUT2D eigenvalue weighted by Gasteiger charge is -2.58. The van der Waals surface area contributed by atoms with Gasteiger partial charge in [0.2, 0.25) is 5.91 Å². The standard InChI is InChI=1S/C12H21BN2O/c1-11(2)7-6-9-8(12(11,13)14)4-5-10(16)15(9)3/h8-9H,4-7,14H2,1-3H3. The average molecular weight is 220 g/mol. The molecule has 1 heterocycles. The number of piperidine rings is 1. The van der Waals surface area contributed by atoms with E-state index in [2.05, 4.69) is 13.8 Å². The van der Waals surface area contributed by atoms with Gasteiger partial charge in [0.05, 0.1) is 7.85 Å². The molecular formula is C12H21BN2O. The summed E-state index contributed by atoms with van der Waals surface area (Å²) in [6.45, 7) is 4.28. The lowest BCUT2D eigenvalue weighted by atomic mass is 9.47. The lowest BCUT2D eigenvalue weighted by molar-refractivity contribution is -0.141. The van der Waals surface area contributed by atoms with Gasteiger partial charge in [-0.1, -0.05) is 13.8 Å². The Bertz CT molecular complexity index is 314. The molecule has 0 bridgehead atoms. The van der Waals surface area contributed by atoms with E-state index in [0.29, 0.717) is 6.42 Å². The van der Waals surface area contributed by atoms with Crippen molar-refractivity contribution in [1.82, 2.24) is 4.90 Å². The quantitative estimate of drug-likeness (QED) is 0.615. The fourth-order valence-electron chi connectivity index (χ4n) is 3.28. The highest BCUT2D eigenvalue weighted by atomic mass is 16.2. The molecule has 0 aromatic carbocycles. The molecule has 0 aromatic rings. The summed E-state index contributed by atoms with van der Waals surface area (Å²) in [5.74, 6) is 0.468. The topological polar surface area (TPSA) is 46.3 Å². The third-order valence-corrected chi connectivity index (χ3v) is 4.88. The third kappa shape index (κ3) is 1.50. The molecule has 4 heteroatoms. The molecule has 1 saturated carbocycles. The molecule has 1 amide bonds. The minimum atomic E-state index is -0.662. The maximum Gasteiger partial charge on any atom is 0.222 e. The Balaban J connectivity index is 2.29. The van der Waals surface area contributed by atoms with Crippen LogP contribution in [0.5, 0.6) is 0 Å². The van der Waals surface area contributed by atoms with Crippen LogP contribution in [-0.2, 0) is 4.79 Å². The minimum Gasteiger partial charge on any atom is -0.342 e. The molecule has 2 N–H and O–H groups in total. The Kier molecular flexibility index (Phi) is 2.61. The Labute approximate surface area is 99.2 Å². The summed E-state index contributed by atoms with van der Waals surface area (Å²) in [6.07, 6.45) is 3.43. The van der Waals surface area contributed by atoms with E-state index in [-0.39, 0.29) is 23.3 Å². The van der Waals surface area contributed by atoms with Gasteiger partial charge in [0.15, 0.2) is 0 Å². The van der Waals surface area contributed by atoms with E-state index in [1.807, 2.05) is 11.9 Å². The minimum absolute atomic E-state index is 0.0462. The van der Waals surface area contributed by atoms with Crippen LogP contribution < -0.4 is 5.73 Å². The van der Waals surface area contributed by atoms with Gasteiger partial charge in [0.1, 0.15) is 0 Å². The number of likely N-dealkylation sites (tertiary alicyclic amines) is 1. The molecule has 3 nitrogen and oxygen atoms in total. The highest BCUT2D eigenvalue weighted by molar-refractivity contribution is 6.16. The number of fused-ring (bicyclic) bond motifs is 1. The molecule has 1 aliphatic heterocycles. The molecule has 88 valence electrons. The second-order valence-corrected chi connectivity index (χ2v) is 6.07. The number of carbonyl (C=O) groups is 1. The molecule has 1 saturated heterocycles. The van der Waals surface area contributed by atoms with Gasteiger partial charge in [-0.15, -0.1) is 0 Å². The van der Waals surface area contributed by atoms with Crippen molar-refractivity contribution in [3.05, 3.63) is 0 Å². The molecule has 1 aliphatic carbocycles. The summed E-state index contributed by atoms with van der Waals surface area (Å²) in [5, 5.41) is 0. The first-order valence-corrected chi connectivity index (χ1v) is 6.11. The zero-order valence-electron chi connectivity index (χ0n) is 10.5. The number of amides is 1. The van der Waals surface area contributed by atoms with Crippen molar-refractivity contribution in [2.75, 3.05) is 7.05 Å². The summed E-state index contributed by atoms with van der Waals surface area (Å²) >= 11 is 0. The van der Waals surface area contributed by atoms with Crippen LogP contribution in [0.1, 0.15) is 39.5 Å². The molecule has 2 fully saturated rings. The van der Waals surface area contributed by atoms with Gasteiger partial charge in [0, 0.05) is 19.5 Å². The smallest absolute Gasteiger partial charge is 0.222 e. The fourth-order valence-corrected chi connectivity index (χ4v) is 3.28. The zero-order chi connectivity index (χ0) is 12.1. The maximum absolute atomic E-state index is 11.7. The second-order valence-electron chi connectivity index (χ2n) is 6.07. The number of hydrogen-bond acceptors (Lipinski definition) is 2. The van der Waals surface area contributed by atoms with Crippen molar-refractivity contribution in [1.29, 1.82) is 0 Å². The van der Waals surface area contributed by atoms with Crippen molar-refractivity contribution in [3.63, 3.8) is 0 Å². The molecule has 2 aliphatic rings. The van der Waals surface area contributed by atoms with Crippen LogP contribution >= 0.6 is 0 Å². The number of nitrogens with zero attached hydrogens (tertiary/aromatic N) is 1. The van der Waals surface area contributed by atoms with Crippen LogP contribution in [0.3, 0.4) is 0 Å². The Morgan fingerprint density at radius 1 is 1.44 bits per heavy atom. The average Bonchev–Trinajstić information content (AvgIpc) is 2.18. The molecule has 3 unspecified atom stereocenters. The Morgan fingerprint density at radius 3 is 2.69 bits per heavy atom. The molecule has 0 spiro atoms. The zero-order valence-corrected chi connectivity index (χ0v) is 10.5. The number of rotatable bonds is 0. The molecule has 2 rings (SSSR count). The summed E-state index contributed by atoms with van der Waals surface area (Å²) < 4.78 is 0. The summed E-state index contributed by atoms with van der Waals surface area (Å²) in [4.78, 5) is 13.5. The lowest BCUT2D eigenvalue weighted by Crippen LogP contribution is -2.68. The van der Waals surface area contributed by atoms with Gasteiger partial charge in [-0.25, -0.2) is 0 Å². The molecular weight excluding hydrogens is 199 g/mol. The van der Waals surface area contributed by atoms with Gasteiger partial charge in [-0.2, -0.15) is 0 Å². The highest BCUT2D eigenvalue weighted by Crippen LogP contribution is 2.48. The van der Waals surface area contributed by atoms with Crippen LogP contribution in [0.4, 0.5) is 0 Å². The van der Waals surface area contributed by atoms with Crippen LogP contribution in [0.25, 0.3) is 0 Å². The maximum atomic E-state index is 11.7. The summed E-state index contributed by atoms with van der Waals surface area (Å²) in [7, 11) is 8.24. The predicted octanol–water partition coefficient (Wildman–Crippen LogP) is 0.867. The van der Waals surface area contributed by atoms with Gasteiger partial charge in [-0.3, -0.25) is 4.79 Å². The first-order valence-electron chi connectivity index (χ1n) is 6.11. The Morgan fingerprint density at radius 2 is 2.06 bits per heavy atom. The van der Waals surface area contributed by atoms with Crippen molar-refractivity contribution >= 4 is 13.8 Å². The molecule has 16 heavy (non-hydrogen) atoms. The van der Waals surface area contributed by atoms with E-state index in [9.17, 15) is 4.79 Å². The summed E-state index contributed by atoms with van der Waals surface area (Å²) in [6, 6.07) is 0.240. The largest absolute Gasteiger partial charge is 0.342 e. The van der Waals surface area contributed by atoms with E-state index in [1.54, 1.807) is 0 Å². The van der Waals surface area contributed by atoms with E-state index >= 15 is 0 Å². The number of hydrogen-bond donors (Lipinski definition) is 1. The molecule has 0 aromatic heterocycles. The van der Waals surface area contributed by atoms with Crippen molar-refractivity contribution in [2.45, 2.75) is 51.0 Å². The van der Waals surface area contributed by atoms with Gasteiger partial charge >= 0.3 is 0 Å². The fraction of sp³-hybridized carbons (Fsp3) is 0.917. The summed E-state index contributed by atoms with van der Waals surface area (Å²) in [5.41, 5.74) is 5.65. The van der Waals surface area contributed by atoms with Crippen LogP contribution in [0.15, 0.2) is 0 Å². The Hall–Kier alpha value is -0.505. The SMILES string of the molecule is [B]C1(N)C2CCC(=O)N(C)C2CCC1(C)C. The van der Waals surface area contributed by atoms with E-state index in [0.717, 1.165) is 19.3 Å². The van der Waals surface area contributed by atoms with Crippen molar-refractivity contribution in [2.24, 2.45) is 17.1 Å².